The first-order chi connectivity index (χ1) is 13.5. The van der Waals surface area contributed by atoms with E-state index >= 15 is 0 Å². The van der Waals surface area contributed by atoms with Gasteiger partial charge in [-0.05, 0) is 26.0 Å². The third kappa shape index (κ3) is 3.41. The number of aromatic nitrogens is 2. The number of imidazole rings is 1. The van der Waals surface area contributed by atoms with E-state index in [-0.39, 0.29) is 11.4 Å². The van der Waals surface area contributed by atoms with Crippen LogP contribution < -0.4 is 5.32 Å². The summed E-state index contributed by atoms with van der Waals surface area (Å²) in [7, 11) is 2.18. The molecule has 2 aliphatic rings. The maximum absolute atomic E-state index is 12.3. The summed E-state index contributed by atoms with van der Waals surface area (Å²) in [6.45, 7) is 9.45. The van der Waals surface area contributed by atoms with Gasteiger partial charge in [-0.1, -0.05) is 37.3 Å². The highest BCUT2D eigenvalue weighted by Crippen LogP contribution is 2.48. The van der Waals surface area contributed by atoms with Gasteiger partial charge in [0.25, 0.3) is 0 Å². The van der Waals surface area contributed by atoms with Crippen molar-refractivity contribution < 1.29 is 4.79 Å². The Labute approximate surface area is 167 Å². The first-order valence-electron chi connectivity index (χ1n) is 10.3. The number of hydrogen-bond donors (Lipinski definition) is 1. The van der Waals surface area contributed by atoms with Crippen molar-refractivity contribution in [3.8, 4) is 0 Å². The Morgan fingerprint density at radius 3 is 2.71 bits per heavy atom. The second-order valence-electron chi connectivity index (χ2n) is 8.53. The van der Waals surface area contributed by atoms with Gasteiger partial charge in [0.15, 0.2) is 0 Å². The Hall–Kier alpha value is -2.34. The van der Waals surface area contributed by atoms with Crippen LogP contribution in [0.3, 0.4) is 0 Å². The van der Waals surface area contributed by atoms with E-state index in [1.54, 1.807) is 0 Å². The number of likely N-dealkylation sites (tertiary alicyclic amines) is 2. The molecular formula is C22H31N5O. The number of amides is 2. The van der Waals surface area contributed by atoms with Crippen molar-refractivity contribution in [1.29, 1.82) is 0 Å². The Morgan fingerprint density at radius 2 is 2.00 bits per heavy atom. The number of nitrogens with zero attached hydrogens (tertiary/aromatic N) is 4. The van der Waals surface area contributed by atoms with E-state index < -0.39 is 0 Å². The van der Waals surface area contributed by atoms with Crippen molar-refractivity contribution in [3.05, 3.63) is 53.6 Å². The van der Waals surface area contributed by atoms with Gasteiger partial charge in [0, 0.05) is 62.5 Å². The zero-order chi connectivity index (χ0) is 19.7. The van der Waals surface area contributed by atoms with Crippen molar-refractivity contribution in [2.75, 3.05) is 39.8 Å². The molecule has 6 heteroatoms. The number of benzene rings is 1. The van der Waals surface area contributed by atoms with Crippen LogP contribution in [-0.2, 0) is 6.54 Å². The van der Waals surface area contributed by atoms with Crippen LogP contribution in [0.25, 0.3) is 0 Å². The first kappa shape index (κ1) is 19.0. The molecule has 1 aromatic heterocycles. The third-order valence-electron chi connectivity index (χ3n) is 6.22. The van der Waals surface area contributed by atoms with E-state index in [0.29, 0.717) is 5.92 Å². The van der Waals surface area contributed by atoms with Gasteiger partial charge < -0.3 is 19.7 Å². The minimum absolute atomic E-state index is 0.0737. The van der Waals surface area contributed by atoms with E-state index in [0.717, 1.165) is 45.7 Å². The van der Waals surface area contributed by atoms with E-state index in [4.69, 9.17) is 4.98 Å². The molecule has 1 aromatic carbocycles. The SMILES string of the molecule is CCCNC(=O)N1CC2(CN(C)CC2c2ncc(C)n2Cc2ccccc2)C1. The summed E-state index contributed by atoms with van der Waals surface area (Å²) in [5, 5.41) is 3.01. The molecule has 0 bridgehead atoms. The Morgan fingerprint density at radius 1 is 1.25 bits per heavy atom. The van der Waals surface area contributed by atoms with Gasteiger partial charge in [-0.3, -0.25) is 0 Å². The van der Waals surface area contributed by atoms with Crippen LogP contribution in [0.2, 0.25) is 0 Å². The Kier molecular flexibility index (Phi) is 5.15. The van der Waals surface area contributed by atoms with Crippen molar-refractivity contribution >= 4 is 6.03 Å². The summed E-state index contributed by atoms with van der Waals surface area (Å²) in [5.74, 6) is 1.52. The van der Waals surface area contributed by atoms with E-state index in [9.17, 15) is 4.79 Å². The maximum Gasteiger partial charge on any atom is 0.317 e. The largest absolute Gasteiger partial charge is 0.338 e. The molecule has 2 aliphatic heterocycles. The van der Waals surface area contributed by atoms with Gasteiger partial charge in [0.05, 0.1) is 0 Å². The fourth-order valence-electron chi connectivity index (χ4n) is 4.82. The highest BCUT2D eigenvalue weighted by Gasteiger charge is 2.56. The molecule has 4 rings (SSSR count). The highest BCUT2D eigenvalue weighted by molar-refractivity contribution is 5.75. The molecule has 2 saturated heterocycles. The minimum atomic E-state index is 0.0737. The van der Waals surface area contributed by atoms with E-state index in [1.807, 2.05) is 11.1 Å². The Balaban J connectivity index is 1.55. The minimum Gasteiger partial charge on any atom is -0.338 e. The van der Waals surface area contributed by atoms with Crippen molar-refractivity contribution in [1.82, 2.24) is 24.7 Å². The van der Waals surface area contributed by atoms with Crippen LogP contribution in [0, 0.1) is 12.3 Å². The van der Waals surface area contributed by atoms with Crippen molar-refractivity contribution in [2.24, 2.45) is 5.41 Å². The van der Waals surface area contributed by atoms with Gasteiger partial charge >= 0.3 is 6.03 Å². The van der Waals surface area contributed by atoms with Gasteiger partial charge in [-0.25, -0.2) is 9.78 Å². The van der Waals surface area contributed by atoms with E-state index in [2.05, 4.69) is 66.0 Å². The molecular weight excluding hydrogens is 350 g/mol. The lowest BCUT2D eigenvalue weighted by Gasteiger charge is -2.50. The topological polar surface area (TPSA) is 53.4 Å². The average Bonchev–Trinajstić information content (AvgIpc) is 3.19. The third-order valence-corrected chi connectivity index (χ3v) is 6.22. The molecule has 1 N–H and O–H groups in total. The number of hydrogen-bond acceptors (Lipinski definition) is 3. The summed E-state index contributed by atoms with van der Waals surface area (Å²) in [6, 6.07) is 10.6. The molecule has 1 unspecified atom stereocenters. The zero-order valence-corrected chi connectivity index (χ0v) is 17.2. The smallest absolute Gasteiger partial charge is 0.317 e. The van der Waals surface area contributed by atoms with Gasteiger partial charge in [0.2, 0.25) is 0 Å². The average molecular weight is 382 g/mol. The summed E-state index contributed by atoms with van der Waals surface area (Å²) in [5.41, 5.74) is 2.60. The van der Waals surface area contributed by atoms with E-state index in [1.165, 1.54) is 17.1 Å². The highest BCUT2D eigenvalue weighted by atomic mass is 16.2. The predicted octanol–water partition coefficient (Wildman–Crippen LogP) is 2.69. The number of rotatable bonds is 5. The van der Waals surface area contributed by atoms with Crippen LogP contribution in [0.5, 0.6) is 0 Å². The van der Waals surface area contributed by atoms with Crippen molar-refractivity contribution in [3.63, 3.8) is 0 Å². The van der Waals surface area contributed by atoms with Crippen molar-refractivity contribution in [2.45, 2.75) is 32.7 Å². The van der Waals surface area contributed by atoms with Crippen LogP contribution in [0.4, 0.5) is 4.79 Å². The van der Waals surface area contributed by atoms with Crippen LogP contribution in [0.1, 0.15) is 36.3 Å². The summed E-state index contributed by atoms with van der Waals surface area (Å²) in [4.78, 5) is 21.5. The Bertz CT molecular complexity index is 825. The second-order valence-corrected chi connectivity index (χ2v) is 8.53. The van der Waals surface area contributed by atoms with Crippen LogP contribution >= 0.6 is 0 Å². The molecule has 1 spiro atoms. The molecule has 6 nitrogen and oxygen atoms in total. The summed E-state index contributed by atoms with van der Waals surface area (Å²) < 4.78 is 2.36. The lowest BCUT2D eigenvalue weighted by atomic mass is 9.71. The lowest BCUT2D eigenvalue weighted by molar-refractivity contribution is 0.0263. The monoisotopic (exact) mass is 381 g/mol. The fourth-order valence-corrected chi connectivity index (χ4v) is 4.82. The number of carbonyl (C=O) groups excluding carboxylic acids is 1. The normalized spacial score (nSPS) is 21.1. The van der Waals surface area contributed by atoms with Crippen LogP contribution in [-0.4, -0.2) is 65.2 Å². The standard InChI is InChI=1S/C22H31N5O/c1-4-10-23-21(28)26-15-22(16-26)14-25(3)13-19(22)20-24-11-17(2)27(20)12-18-8-6-5-7-9-18/h5-9,11,19H,4,10,12-16H2,1-3H3,(H,23,28). The number of nitrogens with one attached hydrogen (secondary N) is 1. The summed E-state index contributed by atoms with van der Waals surface area (Å²) >= 11 is 0. The first-order valence-corrected chi connectivity index (χ1v) is 10.3. The number of urea groups is 1. The molecule has 2 fully saturated rings. The summed E-state index contributed by atoms with van der Waals surface area (Å²) in [6.07, 6.45) is 2.96. The predicted molar refractivity (Wildman–Crippen MR) is 110 cm³/mol. The van der Waals surface area contributed by atoms with Crippen LogP contribution in [0.15, 0.2) is 36.5 Å². The molecule has 28 heavy (non-hydrogen) atoms. The lowest BCUT2D eigenvalue weighted by Crippen LogP contribution is -2.63. The molecule has 2 aromatic rings. The van der Waals surface area contributed by atoms with Gasteiger partial charge in [-0.15, -0.1) is 0 Å². The quantitative estimate of drug-likeness (QED) is 0.866. The zero-order valence-electron chi connectivity index (χ0n) is 17.2. The molecule has 0 radical (unpaired) electrons. The number of aryl methyl sites for hydroxylation is 1. The molecule has 150 valence electrons. The molecule has 0 saturated carbocycles. The molecule has 0 aliphatic carbocycles. The second kappa shape index (κ2) is 7.59. The molecule has 1 atom stereocenters. The van der Waals surface area contributed by atoms with Gasteiger partial charge in [0.1, 0.15) is 5.82 Å². The number of likely N-dealkylation sites (N-methyl/N-ethyl adjacent to an activating group) is 1. The number of carbonyl (C=O) groups is 1. The fraction of sp³-hybridized carbons (Fsp3) is 0.545. The maximum atomic E-state index is 12.3. The van der Waals surface area contributed by atoms with Gasteiger partial charge in [-0.2, -0.15) is 0 Å². The molecule has 3 heterocycles. The molecule has 2 amide bonds.